The smallest absolute Gasteiger partial charge is 0.245 e. The molecule has 2 N–H and O–H groups in total. The Morgan fingerprint density at radius 1 is 1.00 bits per heavy atom. The average Bonchev–Trinajstić information content (AvgIpc) is 3.83. The molecule has 3 rings (SSSR count). The van der Waals surface area contributed by atoms with Gasteiger partial charge in [-0.2, -0.15) is 0 Å². The molecule has 12 heteroatoms. The number of nitrogens with zero attached hydrogens (tertiary/aromatic N) is 3. The molecule has 1 saturated heterocycles. The van der Waals surface area contributed by atoms with Crippen LogP contribution in [0.15, 0.2) is 41.9 Å². The summed E-state index contributed by atoms with van der Waals surface area (Å²) in [5.74, 6) is -1.58. The molecular weight excluding hydrogens is 667 g/mol. The van der Waals surface area contributed by atoms with Crippen LogP contribution in [0.2, 0.25) is 0 Å². The summed E-state index contributed by atoms with van der Waals surface area (Å²) >= 11 is 1.51. The van der Waals surface area contributed by atoms with Gasteiger partial charge in [0.2, 0.25) is 23.6 Å². The summed E-state index contributed by atoms with van der Waals surface area (Å²) in [6.45, 7) is 13.9. The molecule has 0 saturated carbocycles. The molecule has 2 aromatic rings. The van der Waals surface area contributed by atoms with E-state index in [0.717, 1.165) is 23.4 Å². The first-order valence-electron chi connectivity index (χ1n) is 18.4. The Morgan fingerprint density at radius 3 is 2.24 bits per heavy atom. The number of carbonyl (C=O) groups excluding carboxylic acids is 4. The first kappa shape index (κ1) is 42.1. The van der Waals surface area contributed by atoms with Gasteiger partial charge in [0.25, 0.3) is 0 Å². The quantitative estimate of drug-likeness (QED) is 0.202. The average molecular weight is 728 g/mol. The van der Waals surface area contributed by atoms with Crippen molar-refractivity contribution in [1.29, 1.82) is 0 Å². The lowest BCUT2D eigenvalue weighted by Crippen LogP contribution is -2.58. The fourth-order valence-electron chi connectivity index (χ4n) is 7.12. The van der Waals surface area contributed by atoms with Crippen LogP contribution in [0.3, 0.4) is 0 Å². The van der Waals surface area contributed by atoms with Crippen LogP contribution < -0.4 is 10.6 Å². The molecule has 1 aliphatic heterocycles. The fraction of sp³-hybridized carbons (Fsp3) is 0.667. The number of benzene rings is 1. The summed E-state index contributed by atoms with van der Waals surface area (Å²) in [6, 6.07) is 8.30. The summed E-state index contributed by atoms with van der Waals surface area (Å²) in [4.78, 5) is 62.6. The minimum atomic E-state index is -0.703. The minimum absolute atomic E-state index is 0.0109. The third kappa shape index (κ3) is 11.1. The normalized spacial score (nSPS) is 18.8. The predicted molar refractivity (Wildman–Crippen MR) is 201 cm³/mol. The number of likely N-dealkylation sites (tertiary alicyclic amines) is 1. The minimum Gasteiger partial charge on any atom is -0.379 e. The molecule has 1 aromatic heterocycles. The van der Waals surface area contributed by atoms with Gasteiger partial charge in [0.1, 0.15) is 11.0 Å². The van der Waals surface area contributed by atoms with Gasteiger partial charge in [0, 0.05) is 45.3 Å². The van der Waals surface area contributed by atoms with Gasteiger partial charge < -0.3 is 29.9 Å². The molecule has 0 aliphatic carbocycles. The number of rotatable bonds is 19. The van der Waals surface area contributed by atoms with Gasteiger partial charge in [0.15, 0.2) is 0 Å². The van der Waals surface area contributed by atoms with Gasteiger partial charge in [-0.15, -0.1) is 11.3 Å². The van der Waals surface area contributed by atoms with Gasteiger partial charge in [-0.1, -0.05) is 85.2 Å². The second-order valence-electron chi connectivity index (χ2n) is 14.6. The Bertz CT molecular complexity index is 1390. The van der Waals surface area contributed by atoms with E-state index in [1.807, 2.05) is 61.4 Å². The molecule has 4 amide bonds. The molecular formula is C39H61N5O6S. The Balaban J connectivity index is 1.78. The second-order valence-corrected chi connectivity index (χ2v) is 15.5. The fourth-order valence-corrected chi connectivity index (χ4v) is 7.81. The molecule has 2 heterocycles. The number of likely N-dealkylation sites (N-methyl/N-ethyl adjacent to an activating group) is 1. The molecule has 1 aromatic carbocycles. The Hall–Kier alpha value is -3.35. The van der Waals surface area contributed by atoms with Crippen LogP contribution in [0.5, 0.6) is 0 Å². The largest absolute Gasteiger partial charge is 0.379 e. The molecule has 11 nitrogen and oxygen atoms in total. The lowest BCUT2D eigenvalue weighted by atomic mass is 9.89. The molecule has 51 heavy (non-hydrogen) atoms. The highest BCUT2D eigenvalue weighted by atomic mass is 32.1. The molecule has 1 aliphatic rings. The van der Waals surface area contributed by atoms with E-state index < -0.39 is 30.2 Å². The zero-order chi connectivity index (χ0) is 37.8. The number of hydrogen-bond acceptors (Lipinski definition) is 8. The number of thiazole rings is 1. The highest BCUT2D eigenvalue weighted by molar-refractivity contribution is 7.09. The molecule has 8 atom stereocenters. The predicted octanol–water partition coefficient (Wildman–Crippen LogP) is 5.26. The van der Waals surface area contributed by atoms with E-state index in [9.17, 15) is 19.2 Å². The van der Waals surface area contributed by atoms with Gasteiger partial charge in [0.05, 0.1) is 42.7 Å². The van der Waals surface area contributed by atoms with Crippen molar-refractivity contribution in [2.24, 2.45) is 23.7 Å². The SMILES string of the molecule is CCC(C)C(C(CC(=O)N1CCC[C@H]1C(OC)C(C)C(=O)NC(Cc1ccccc1)c1nccs1)OC)N(C)C(=O)C(NC(=O)C(C)C)C(C)C. The second kappa shape index (κ2) is 20.0. The number of carbonyl (C=O) groups is 4. The number of hydrogen-bond donors (Lipinski definition) is 2. The van der Waals surface area contributed by atoms with E-state index in [-0.39, 0.29) is 59.9 Å². The first-order valence-corrected chi connectivity index (χ1v) is 19.3. The van der Waals surface area contributed by atoms with Crippen LogP contribution in [0.25, 0.3) is 0 Å². The van der Waals surface area contributed by atoms with Crippen molar-refractivity contribution in [3.05, 3.63) is 52.5 Å². The topological polar surface area (TPSA) is 130 Å². The van der Waals surface area contributed by atoms with Crippen LogP contribution in [-0.2, 0) is 35.1 Å². The van der Waals surface area contributed by atoms with Crippen molar-refractivity contribution in [1.82, 2.24) is 25.4 Å². The van der Waals surface area contributed by atoms with E-state index >= 15 is 0 Å². The number of methoxy groups -OCH3 is 2. The maximum atomic E-state index is 14.2. The van der Waals surface area contributed by atoms with Crippen LogP contribution >= 0.6 is 11.3 Å². The summed E-state index contributed by atoms with van der Waals surface area (Å²) in [7, 11) is 4.91. The van der Waals surface area contributed by atoms with E-state index in [4.69, 9.17) is 9.47 Å². The van der Waals surface area contributed by atoms with Gasteiger partial charge in [-0.05, 0) is 36.7 Å². The maximum absolute atomic E-state index is 14.2. The Morgan fingerprint density at radius 2 is 1.69 bits per heavy atom. The molecule has 7 unspecified atom stereocenters. The first-order chi connectivity index (χ1) is 24.2. The van der Waals surface area contributed by atoms with Crippen molar-refractivity contribution in [2.75, 3.05) is 27.8 Å². The lowest BCUT2D eigenvalue weighted by molar-refractivity contribution is -0.147. The van der Waals surface area contributed by atoms with E-state index in [2.05, 4.69) is 29.5 Å². The van der Waals surface area contributed by atoms with E-state index in [0.29, 0.717) is 19.4 Å². The van der Waals surface area contributed by atoms with E-state index in [1.165, 1.54) is 11.3 Å². The zero-order valence-electron chi connectivity index (χ0n) is 32.3. The number of amides is 4. The Kier molecular flexibility index (Phi) is 16.5. The Labute approximate surface area is 309 Å². The molecule has 1 fully saturated rings. The van der Waals surface area contributed by atoms with Crippen LogP contribution in [-0.4, -0.2) is 96.6 Å². The van der Waals surface area contributed by atoms with Crippen LogP contribution in [0.1, 0.15) is 90.8 Å². The monoisotopic (exact) mass is 727 g/mol. The van der Waals surface area contributed by atoms with Crippen molar-refractivity contribution < 1.29 is 28.7 Å². The molecule has 284 valence electrons. The molecule has 0 radical (unpaired) electrons. The standard InChI is InChI=1S/C39H61N5O6S/c1-11-26(6)34(43(8)39(48)33(24(2)3)42-36(46)25(4)5)31(49-9)23-32(45)44-20-15-18-30(44)35(50-10)27(7)37(47)41-29(38-40-19-21-51-38)22-28-16-13-12-14-17-28/h12-14,16-17,19,21,24-27,29-31,33-35H,11,15,18,20,22-23H2,1-10H3,(H,41,47)(H,42,46)/t26?,27?,29?,30-,31?,33?,34?,35?/m0/s1. The zero-order valence-corrected chi connectivity index (χ0v) is 33.1. The number of aromatic nitrogens is 1. The van der Waals surface area contributed by atoms with Gasteiger partial charge in [-0.3, -0.25) is 19.2 Å². The third-order valence-corrected chi connectivity index (χ3v) is 11.3. The molecule has 0 spiro atoms. The summed E-state index contributed by atoms with van der Waals surface area (Å²) in [6.07, 6.45) is 3.55. The van der Waals surface area contributed by atoms with Crippen LogP contribution in [0.4, 0.5) is 0 Å². The van der Waals surface area contributed by atoms with Crippen molar-refractivity contribution >= 4 is 35.0 Å². The summed E-state index contributed by atoms with van der Waals surface area (Å²) in [5.41, 5.74) is 1.09. The highest BCUT2D eigenvalue weighted by Gasteiger charge is 2.43. The highest BCUT2D eigenvalue weighted by Crippen LogP contribution is 2.30. The van der Waals surface area contributed by atoms with Crippen molar-refractivity contribution in [2.45, 2.75) is 117 Å². The maximum Gasteiger partial charge on any atom is 0.245 e. The third-order valence-electron chi connectivity index (χ3n) is 10.4. The van der Waals surface area contributed by atoms with Crippen LogP contribution in [0, 0.1) is 23.7 Å². The summed E-state index contributed by atoms with van der Waals surface area (Å²) in [5, 5.41) is 8.89. The van der Waals surface area contributed by atoms with Crippen molar-refractivity contribution in [3.8, 4) is 0 Å². The lowest BCUT2D eigenvalue weighted by Gasteiger charge is -2.41. The number of nitrogens with one attached hydrogen (secondary N) is 2. The molecule has 0 bridgehead atoms. The van der Waals surface area contributed by atoms with Crippen molar-refractivity contribution in [3.63, 3.8) is 0 Å². The van der Waals surface area contributed by atoms with Gasteiger partial charge in [-0.25, -0.2) is 4.98 Å². The van der Waals surface area contributed by atoms with Gasteiger partial charge >= 0.3 is 0 Å². The van der Waals surface area contributed by atoms with E-state index in [1.54, 1.807) is 46.2 Å². The summed E-state index contributed by atoms with van der Waals surface area (Å²) < 4.78 is 12.0. The number of ether oxygens (including phenoxy) is 2.